The molecule has 2 aromatic carbocycles. The number of rotatable bonds is 6. The van der Waals surface area contributed by atoms with E-state index in [0.717, 1.165) is 55.5 Å². The molecule has 3 N–H and O–H groups in total. The maximum absolute atomic E-state index is 12.8. The van der Waals surface area contributed by atoms with Gasteiger partial charge in [-0.05, 0) is 80.5 Å². The van der Waals surface area contributed by atoms with Gasteiger partial charge in [-0.25, -0.2) is 0 Å². The molecular formula is C27H34N4O. The number of likely N-dealkylation sites (tertiary alicyclic amines) is 1. The van der Waals surface area contributed by atoms with Crippen LogP contribution in [0.5, 0.6) is 0 Å². The van der Waals surface area contributed by atoms with E-state index < -0.39 is 0 Å². The lowest BCUT2D eigenvalue weighted by atomic mass is 9.98. The number of carbonyl (C=O) groups is 1. The van der Waals surface area contributed by atoms with Crippen LogP contribution < -0.4 is 10.6 Å². The highest BCUT2D eigenvalue weighted by molar-refractivity contribution is 6.07. The van der Waals surface area contributed by atoms with Crippen LogP contribution in [0.1, 0.15) is 48.0 Å². The van der Waals surface area contributed by atoms with Crippen LogP contribution in [-0.4, -0.2) is 48.5 Å². The number of amides is 1. The Kier molecular flexibility index (Phi) is 6.56. The Labute approximate surface area is 190 Å². The van der Waals surface area contributed by atoms with E-state index in [-0.39, 0.29) is 5.91 Å². The van der Waals surface area contributed by atoms with Crippen molar-refractivity contribution in [2.24, 2.45) is 5.92 Å². The smallest absolute Gasteiger partial charge is 0.253 e. The average Bonchev–Trinajstić information content (AvgIpc) is 3.28. The first kappa shape index (κ1) is 21.2. The molecule has 5 nitrogen and oxygen atoms in total. The minimum Gasteiger partial charge on any atom is -0.360 e. The summed E-state index contributed by atoms with van der Waals surface area (Å²) in [6.07, 6.45) is 8.13. The highest BCUT2D eigenvalue weighted by atomic mass is 16.1. The molecule has 3 heterocycles. The van der Waals surface area contributed by atoms with Gasteiger partial charge in [0.2, 0.25) is 0 Å². The Morgan fingerprint density at radius 2 is 1.72 bits per heavy atom. The Morgan fingerprint density at radius 1 is 0.969 bits per heavy atom. The van der Waals surface area contributed by atoms with Crippen molar-refractivity contribution in [2.45, 2.75) is 38.6 Å². The number of hydrogen-bond acceptors (Lipinski definition) is 3. The number of hydrogen-bond donors (Lipinski definition) is 3. The molecule has 0 saturated carbocycles. The molecule has 2 aliphatic rings. The fraction of sp³-hybridized carbons (Fsp3) is 0.444. The van der Waals surface area contributed by atoms with Crippen molar-refractivity contribution in [1.29, 1.82) is 0 Å². The minimum atomic E-state index is 0.0181. The first-order valence-corrected chi connectivity index (χ1v) is 12.2. The van der Waals surface area contributed by atoms with Gasteiger partial charge in [0, 0.05) is 30.2 Å². The first-order valence-electron chi connectivity index (χ1n) is 12.2. The van der Waals surface area contributed by atoms with Crippen molar-refractivity contribution in [3.05, 3.63) is 59.8 Å². The summed E-state index contributed by atoms with van der Waals surface area (Å²) in [5.41, 5.74) is 5.50. The first-order chi connectivity index (χ1) is 15.8. The minimum absolute atomic E-state index is 0.0181. The van der Waals surface area contributed by atoms with Gasteiger partial charge in [0.25, 0.3) is 5.91 Å². The lowest BCUT2D eigenvalue weighted by Gasteiger charge is -2.26. The zero-order chi connectivity index (χ0) is 21.8. The van der Waals surface area contributed by atoms with Crippen LogP contribution in [-0.2, 0) is 6.54 Å². The van der Waals surface area contributed by atoms with Gasteiger partial charge in [-0.1, -0.05) is 42.8 Å². The van der Waals surface area contributed by atoms with Crippen molar-refractivity contribution in [2.75, 3.05) is 32.7 Å². The van der Waals surface area contributed by atoms with Gasteiger partial charge in [0.05, 0.1) is 5.56 Å². The number of H-pyrrole nitrogens is 1. The van der Waals surface area contributed by atoms with Gasteiger partial charge >= 0.3 is 0 Å². The van der Waals surface area contributed by atoms with E-state index in [0.29, 0.717) is 5.92 Å². The van der Waals surface area contributed by atoms with Gasteiger partial charge in [-0.15, -0.1) is 0 Å². The fourth-order valence-corrected chi connectivity index (χ4v) is 5.09. The zero-order valence-electron chi connectivity index (χ0n) is 18.8. The Balaban J connectivity index is 1.25. The van der Waals surface area contributed by atoms with Gasteiger partial charge < -0.3 is 15.6 Å². The maximum Gasteiger partial charge on any atom is 0.253 e. The van der Waals surface area contributed by atoms with Crippen molar-refractivity contribution in [3.8, 4) is 11.1 Å². The van der Waals surface area contributed by atoms with Crippen LogP contribution in [0, 0.1) is 5.92 Å². The molecule has 168 valence electrons. The van der Waals surface area contributed by atoms with Crippen molar-refractivity contribution >= 4 is 16.8 Å². The summed E-state index contributed by atoms with van der Waals surface area (Å²) in [6.45, 7) is 6.35. The molecule has 2 fully saturated rings. The van der Waals surface area contributed by atoms with E-state index in [2.05, 4.69) is 63.0 Å². The second-order valence-corrected chi connectivity index (χ2v) is 9.40. The number of aromatic nitrogens is 1. The molecule has 0 bridgehead atoms. The molecule has 2 aliphatic heterocycles. The van der Waals surface area contributed by atoms with Gasteiger partial charge in [0.15, 0.2) is 0 Å². The number of benzene rings is 2. The van der Waals surface area contributed by atoms with Crippen molar-refractivity contribution in [1.82, 2.24) is 20.5 Å². The largest absolute Gasteiger partial charge is 0.360 e. The second kappa shape index (κ2) is 9.88. The summed E-state index contributed by atoms with van der Waals surface area (Å²) in [5.74, 6) is 0.597. The van der Waals surface area contributed by atoms with Crippen LogP contribution >= 0.6 is 0 Å². The quantitative estimate of drug-likeness (QED) is 0.538. The second-order valence-electron chi connectivity index (χ2n) is 9.40. The molecule has 0 spiro atoms. The standard InChI is InChI=1S/C27H34N4O/c32-27(30-17-20-10-12-28-13-11-20)25-18-29-26-16-23(8-9-24(25)26)22-6-4-21(5-7-22)19-31-14-2-1-3-15-31/h4-9,16,18,20,28-29H,1-3,10-15,17,19H2,(H,30,32). The molecule has 1 amide bonds. The number of carbonyl (C=O) groups excluding carboxylic acids is 1. The summed E-state index contributed by atoms with van der Waals surface area (Å²) in [6, 6.07) is 15.3. The Hall–Kier alpha value is -2.63. The van der Waals surface area contributed by atoms with Crippen LogP contribution in [0.15, 0.2) is 48.7 Å². The third kappa shape index (κ3) is 4.89. The molecule has 5 heteroatoms. The SMILES string of the molecule is O=C(NCC1CCNCC1)c1c[nH]c2cc(-c3ccc(CN4CCCCC4)cc3)ccc12. The van der Waals surface area contributed by atoms with Crippen LogP contribution in [0.2, 0.25) is 0 Å². The predicted molar refractivity (Wildman–Crippen MR) is 131 cm³/mol. The molecule has 2 saturated heterocycles. The van der Waals surface area contributed by atoms with Gasteiger partial charge in [0.1, 0.15) is 0 Å². The van der Waals surface area contributed by atoms with E-state index in [1.807, 2.05) is 6.20 Å². The van der Waals surface area contributed by atoms with Gasteiger partial charge in [-0.3, -0.25) is 9.69 Å². The molecule has 3 aromatic rings. The number of nitrogens with zero attached hydrogens (tertiary/aromatic N) is 1. The maximum atomic E-state index is 12.8. The zero-order valence-corrected chi connectivity index (χ0v) is 18.8. The Bertz CT molecular complexity index is 1040. The summed E-state index contributed by atoms with van der Waals surface area (Å²) in [7, 11) is 0. The summed E-state index contributed by atoms with van der Waals surface area (Å²) in [5, 5.41) is 7.50. The summed E-state index contributed by atoms with van der Waals surface area (Å²) < 4.78 is 0. The number of piperidine rings is 2. The third-order valence-corrected chi connectivity index (χ3v) is 7.08. The highest BCUT2D eigenvalue weighted by Gasteiger charge is 2.17. The molecule has 32 heavy (non-hydrogen) atoms. The predicted octanol–water partition coefficient (Wildman–Crippen LogP) is 4.55. The molecule has 0 atom stereocenters. The molecular weight excluding hydrogens is 396 g/mol. The third-order valence-electron chi connectivity index (χ3n) is 7.08. The number of nitrogens with one attached hydrogen (secondary N) is 3. The normalized spacial score (nSPS) is 18.1. The number of fused-ring (bicyclic) bond motifs is 1. The molecule has 0 aliphatic carbocycles. The van der Waals surface area contributed by atoms with Crippen LogP contribution in [0.3, 0.4) is 0 Å². The van der Waals surface area contributed by atoms with Gasteiger partial charge in [-0.2, -0.15) is 0 Å². The number of aromatic amines is 1. The summed E-state index contributed by atoms with van der Waals surface area (Å²) in [4.78, 5) is 18.6. The van der Waals surface area contributed by atoms with Crippen molar-refractivity contribution < 1.29 is 4.79 Å². The average molecular weight is 431 g/mol. The molecule has 1 aromatic heterocycles. The van der Waals surface area contributed by atoms with E-state index in [4.69, 9.17) is 0 Å². The lowest BCUT2D eigenvalue weighted by Crippen LogP contribution is -2.35. The monoisotopic (exact) mass is 430 g/mol. The molecule has 0 unspecified atom stereocenters. The summed E-state index contributed by atoms with van der Waals surface area (Å²) >= 11 is 0. The van der Waals surface area contributed by atoms with E-state index in [1.54, 1.807) is 0 Å². The lowest BCUT2D eigenvalue weighted by molar-refractivity contribution is 0.0946. The van der Waals surface area contributed by atoms with Crippen molar-refractivity contribution in [3.63, 3.8) is 0 Å². The molecule has 5 rings (SSSR count). The van der Waals surface area contributed by atoms with E-state index >= 15 is 0 Å². The fourth-order valence-electron chi connectivity index (χ4n) is 5.09. The topological polar surface area (TPSA) is 60.2 Å². The Morgan fingerprint density at radius 3 is 2.50 bits per heavy atom. The van der Waals surface area contributed by atoms with E-state index in [9.17, 15) is 4.79 Å². The van der Waals surface area contributed by atoms with Crippen LogP contribution in [0.25, 0.3) is 22.0 Å². The van der Waals surface area contributed by atoms with E-state index in [1.165, 1.54) is 49.0 Å². The molecule has 0 radical (unpaired) electrons. The van der Waals surface area contributed by atoms with Crippen LogP contribution in [0.4, 0.5) is 0 Å². The highest BCUT2D eigenvalue weighted by Crippen LogP contribution is 2.27.